The summed E-state index contributed by atoms with van der Waals surface area (Å²) >= 11 is 0. The molecule has 0 saturated carbocycles. The van der Waals surface area contributed by atoms with E-state index in [1.54, 1.807) is 0 Å². The van der Waals surface area contributed by atoms with Crippen molar-refractivity contribution in [2.75, 3.05) is 0 Å². The second-order valence-corrected chi connectivity index (χ2v) is 10.9. The minimum absolute atomic E-state index is 0.347. The highest BCUT2D eigenvalue weighted by Crippen LogP contribution is 2.15. The van der Waals surface area contributed by atoms with Crippen LogP contribution in [0.1, 0.15) is 194 Å². The number of carboxylic acids is 1. The minimum Gasteiger partial charge on any atom is -0.481 e. The van der Waals surface area contributed by atoms with Gasteiger partial charge in [0.25, 0.3) is 0 Å². The molecule has 4 heteroatoms. The van der Waals surface area contributed by atoms with E-state index >= 15 is 0 Å². The average molecular weight is 515 g/mol. The Bertz CT molecular complexity index is 398. The van der Waals surface area contributed by atoms with Crippen molar-refractivity contribution in [2.24, 2.45) is 0 Å². The van der Waals surface area contributed by atoms with Crippen molar-refractivity contribution in [3.8, 4) is 0 Å². The van der Waals surface area contributed by atoms with E-state index in [1.807, 2.05) is 6.92 Å². The van der Waals surface area contributed by atoms with E-state index in [0.29, 0.717) is 12.8 Å². The second-order valence-electron chi connectivity index (χ2n) is 10.9. The molecule has 0 aliphatic rings. The standard InChI is InChI=1S/C28H56O2.C4H10O2/c1-2-3-4-5-6-7-8-9-10-11-12-13-14-15-16-17-18-19-20-21-22-23-24-25-26-27-28(29)30;1-2-3-4(5)6/h2-27H2,1H3,(H,29,30);4-6H,2-3H2,1H3. The monoisotopic (exact) mass is 514 g/mol. The maximum Gasteiger partial charge on any atom is 0.303 e. The second kappa shape index (κ2) is 34.4. The molecule has 4 nitrogen and oxygen atoms in total. The van der Waals surface area contributed by atoms with E-state index in [9.17, 15) is 4.79 Å². The number of aliphatic hydroxyl groups excluding tert-OH is 1. The molecule has 0 amide bonds. The van der Waals surface area contributed by atoms with Crippen LogP contribution in [0, 0.1) is 0 Å². The van der Waals surface area contributed by atoms with Crippen LogP contribution in [0.3, 0.4) is 0 Å². The molecule has 0 atom stereocenters. The van der Waals surface area contributed by atoms with Crippen molar-refractivity contribution in [3.05, 3.63) is 0 Å². The number of carboxylic acid groups (broad SMARTS) is 1. The topological polar surface area (TPSA) is 77.8 Å². The summed E-state index contributed by atoms with van der Waals surface area (Å²) < 4.78 is 0. The third-order valence-corrected chi connectivity index (χ3v) is 7.04. The molecule has 0 aliphatic heterocycles. The van der Waals surface area contributed by atoms with E-state index in [0.717, 1.165) is 19.3 Å². The summed E-state index contributed by atoms with van der Waals surface area (Å²) in [4.78, 5) is 10.4. The molecule has 0 fully saturated rings. The van der Waals surface area contributed by atoms with Crippen LogP contribution in [-0.4, -0.2) is 27.6 Å². The Morgan fingerprint density at radius 1 is 0.444 bits per heavy atom. The highest BCUT2D eigenvalue weighted by Gasteiger charge is 1.98. The van der Waals surface area contributed by atoms with Crippen molar-refractivity contribution in [2.45, 2.75) is 200 Å². The largest absolute Gasteiger partial charge is 0.481 e. The Morgan fingerprint density at radius 3 is 0.861 bits per heavy atom. The number of carbonyl (C=O) groups is 1. The van der Waals surface area contributed by atoms with E-state index in [4.69, 9.17) is 15.3 Å². The van der Waals surface area contributed by atoms with Crippen molar-refractivity contribution in [1.82, 2.24) is 0 Å². The lowest BCUT2D eigenvalue weighted by atomic mass is 10.0. The van der Waals surface area contributed by atoms with Gasteiger partial charge in [-0.25, -0.2) is 0 Å². The maximum absolute atomic E-state index is 10.4. The molecule has 218 valence electrons. The molecular weight excluding hydrogens is 448 g/mol. The van der Waals surface area contributed by atoms with Gasteiger partial charge in [-0.05, 0) is 12.8 Å². The number of hydrogen-bond acceptors (Lipinski definition) is 3. The Balaban J connectivity index is 0. The molecule has 0 aromatic carbocycles. The van der Waals surface area contributed by atoms with E-state index in [-0.39, 0.29) is 0 Å². The highest BCUT2D eigenvalue weighted by atomic mass is 16.5. The molecule has 0 aromatic rings. The van der Waals surface area contributed by atoms with E-state index in [1.165, 1.54) is 148 Å². The SMILES string of the molecule is CCCC(O)O.CCCCCCCCCCCCCCCCCCCCCCCCCCCC(=O)O. The van der Waals surface area contributed by atoms with Crippen LogP contribution in [0.4, 0.5) is 0 Å². The number of aliphatic hydroxyl groups is 2. The summed E-state index contributed by atoms with van der Waals surface area (Å²) in [5, 5.41) is 24.8. The highest BCUT2D eigenvalue weighted by molar-refractivity contribution is 5.66. The van der Waals surface area contributed by atoms with Gasteiger partial charge in [0.05, 0.1) is 0 Å². The summed E-state index contributed by atoms with van der Waals surface area (Å²) in [6.07, 6.45) is 35.2. The molecule has 0 spiro atoms. The van der Waals surface area contributed by atoms with Crippen LogP contribution < -0.4 is 0 Å². The Morgan fingerprint density at radius 2 is 0.694 bits per heavy atom. The Labute approximate surface area is 226 Å². The Hall–Kier alpha value is -0.610. The van der Waals surface area contributed by atoms with Crippen molar-refractivity contribution < 1.29 is 20.1 Å². The van der Waals surface area contributed by atoms with Crippen LogP contribution in [-0.2, 0) is 4.79 Å². The summed E-state index contributed by atoms with van der Waals surface area (Å²) in [5.41, 5.74) is 0. The molecule has 3 N–H and O–H groups in total. The third kappa shape index (κ3) is 40.6. The zero-order chi connectivity index (χ0) is 27.0. The van der Waals surface area contributed by atoms with Gasteiger partial charge in [0, 0.05) is 6.42 Å². The van der Waals surface area contributed by atoms with Gasteiger partial charge in [-0.15, -0.1) is 0 Å². The van der Waals surface area contributed by atoms with Crippen LogP contribution in [0.5, 0.6) is 0 Å². The van der Waals surface area contributed by atoms with Gasteiger partial charge < -0.3 is 15.3 Å². The molecular formula is C32H66O4. The van der Waals surface area contributed by atoms with Crippen LogP contribution in [0.15, 0.2) is 0 Å². The van der Waals surface area contributed by atoms with E-state index in [2.05, 4.69) is 6.92 Å². The number of hydrogen-bond donors (Lipinski definition) is 3. The van der Waals surface area contributed by atoms with Gasteiger partial charge in [-0.3, -0.25) is 4.79 Å². The number of rotatable bonds is 28. The zero-order valence-corrected chi connectivity index (χ0v) is 24.6. The molecule has 0 heterocycles. The summed E-state index contributed by atoms with van der Waals surface area (Å²) in [7, 11) is 0. The molecule has 0 aromatic heterocycles. The molecule has 0 unspecified atom stereocenters. The summed E-state index contributed by atoms with van der Waals surface area (Å²) in [6, 6.07) is 0. The maximum atomic E-state index is 10.4. The fraction of sp³-hybridized carbons (Fsp3) is 0.969. The van der Waals surface area contributed by atoms with Crippen molar-refractivity contribution >= 4 is 5.97 Å². The first-order chi connectivity index (χ1) is 17.5. The van der Waals surface area contributed by atoms with Crippen LogP contribution in [0.2, 0.25) is 0 Å². The lowest BCUT2D eigenvalue weighted by molar-refractivity contribution is -0.137. The molecule has 0 aliphatic carbocycles. The summed E-state index contributed by atoms with van der Waals surface area (Å²) in [6.45, 7) is 4.20. The average Bonchev–Trinajstić information content (AvgIpc) is 2.84. The quantitative estimate of drug-likeness (QED) is 0.0716. The number of unbranched alkanes of at least 4 members (excludes halogenated alkanes) is 24. The smallest absolute Gasteiger partial charge is 0.303 e. The van der Waals surface area contributed by atoms with Crippen molar-refractivity contribution in [1.29, 1.82) is 0 Å². The first kappa shape index (κ1) is 37.5. The molecule has 36 heavy (non-hydrogen) atoms. The van der Waals surface area contributed by atoms with Gasteiger partial charge in [-0.2, -0.15) is 0 Å². The zero-order valence-electron chi connectivity index (χ0n) is 24.6. The molecule has 0 rings (SSSR count). The lowest BCUT2D eigenvalue weighted by Gasteiger charge is -2.04. The van der Waals surface area contributed by atoms with Gasteiger partial charge in [-0.1, -0.05) is 174 Å². The molecule has 0 bridgehead atoms. The van der Waals surface area contributed by atoms with Gasteiger partial charge in [0.1, 0.15) is 0 Å². The fourth-order valence-electron chi connectivity index (χ4n) is 4.67. The van der Waals surface area contributed by atoms with E-state index < -0.39 is 12.3 Å². The Kier molecular flexibility index (Phi) is 35.9. The number of aliphatic carboxylic acids is 1. The lowest BCUT2D eigenvalue weighted by Crippen LogP contribution is -2.01. The third-order valence-electron chi connectivity index (χ3n) is 7.04. The predicted molar refractivity (Wildman–Crippen MR) is 156 cm³/mol. The normalized spacial score (nSPS) is 11.0. The van der Waals surface area contributed by atoms with Crippen molar-refractivity contribution in [3.63, 3.8) is 0 Å². The van der Waals surface area contributed by atoms with Gasteiger partial charge in [0.2, 0.25) is 0 Å². The van der Waals surface area contributed by atoms with Crippen LogP contribution >= 0.6 is 0 Å². The fourth-order valence-corrected chi connectivity index (χ4v) is 4.67. The molecule has 0 radical (unpaired) electrons. The minimum atomic E-state index is -1.10. The predicted octanol–water partition coefficient (Wildman–Crippen LogP) is 10.3. The molecule has 0 saturated heterocycles. The first-order valence-electron chi connectivity index (χ1n) is 16.1. The van der Waals surface area contributed by atoms with Gasteiger partial charge >= 0.3 is 5.97 Å². The summed E-state index contributed by atoms with van der Waals surface area (Å²) in [5.74, 6) is -0.649. The van der Waals surface area contributed by atoms with Gasteiger partial charge in [0.15, 0.2) is 6.29 Å². The van der Waals surface area contributed by atoms with Crippen LogP contribution in [0.25, 0.3) is 0 Å². The first-order valence-corrected chi connectivity index (χ1v) is 16.1.